The van der Waals surface area contributed by atoms with Crippen LogP contribution in [0.2, 0.25) is 0 Å². The molecule has 1 saturated heterocycles. The molecule has 4 rings (SSSR count). The van der Waals surface area contributed by atoms with Crippen molar-refractivity contribution in [3.05, 3.63) is 34.1 Å². The van der Waals surface area contributed by atoms with Gasteiger partial charge in [-0.3, -0.25) is 4.90 Å². The lowest BCUT2D eigenvalue weighted by Crippen LogP contribution is -2.32. The second-order valence-electron chi connectivity index (χ2n) is 6.62. The Morgan fingerprint density at radius 3 is 2.87 bits per heavy atom. The van der Waals surface area contributed by atoms with E-state index in [4.69, 9.17) is 4.52 Å². The first kappa shape index (κ1) is 15.3. The van der Waals surface area contributed by atoms with Crippen molar-refractivity contribution in [1.82, 2.24) is 19.9 Å². The van der Waals surface area contributed by atoms with Gasteiger partial charge in [0.15, 0.2) is 5.82 Å². The second-order valence-corrected chi connectivity index (χ2v) is 7.66. The van der Waals surface area contributed by atoms with E-state index in [1.54, 1.807) is 0 Å². The largest absolute Gasteiger partial charge is 0.339 e. The average molecular weight is 332 g/mol. The van der Waals surface area contributed by atoms with E-state index in [1.165, 1.54) is 43.6 Å². The molecule has 0 spiro atoms. The monoisotopic (exact) mass is 332 g/mol. The summed E-state index contributed by atoms with van der Waals surface area (Å²) < 4.78 is 5.37. The first-order chi connectivity index (χ1) is 11.4. The number of thiophene rings is 1. The van der Waals surface area contributed by atoms with Crippen LogP contribution >= 0.6 is 11.3 Å². The fourth-order valence-electron chi connectivity index (χ4n) is 3.16. The van der Waals surface area contributed by atoms with E-state index in [0.29, 0.717) is 5.92 Å². The Labute approximate surface area is 141 Å². The van der Waals surface area contributed by atoms with E-state index in [1.807, 2.05) is 11.3 Å². The average Bonchev–Trinajstić information content (AvgIpc) is 3.16. The van der Waals surface area contributed by atoms with Gasteiger partial charge in [-0.25, -0.2) is 0 Å². The fourth-order valence-corrected chi connectivity index (χ4v) is 3.86. The molecule has 2 aliphatic rings. The van der Waals surface area contributed by atoms with E-state index < -0.39 is 0 Å². The number of hydrogen-bond acceptors (Lipinski definition) is 6. The van der Waals surface area contributed by atoms with Crippen LogP contribution in [0.5, 0.6) is 0 Å². The zero-order valence-corrected chi connectivity index (χ0v) is 14.3. The Bertz CT molecular complexity index is 608. The van der Waals surface area contributed by atoms with Crippen LogP contribution in [0.1, 0.15) is 41.8 Å². The van der Waals surface area contributed by atoms with Crippen molar-refractivity contribution in [3.8, 4) is 0 Å². The van der Waals surface area contributed by atoms with Gasteiger partial charge in [-0.05, 0) is 50.2 Å². The van der Waals surface area contributed by atoms with Crippen molar-refractivity contribution in [2.75, 3.05) is 32.7 Å². The predicted molar refractivity (Wildman–Crippen MR) is 90.6 cm³/mol. The van der Waals surface area contributed by atoms with Crippen molar-refractivity contribution in [3.63, 3.8) is 0 Å². The number of hydrogen-bond donors (Lipinski definition) is 0. The minimum absolute atomic E-state index is 0.549. The SMILES string of the molecule is c1csc(CCN2CCCN(Cc3noc(C4CC4)n3)CC2)c1. The molecule has 2 aromatic heterocycles. The highest BCUT2D eigenvalue weighted by atomic mass is 32.1. The summed E-state index contributed by atoms with van der Waals surface area (Å²) in [6.07, 6.45) is 4.82. The predicted octanol–water partition coefficient (Wildman–Crippen LogP) is 2.76. The highest BCUT2D eigenvalue weighted by Crippen LogP contribution is 2.38. The lowest BCUT2D eigenvalue weighted by atomic mass is 10.3. The summed E-state index contributed by atoms with van der Waals surface area (Å²) >= 11 is 1.86. The zero-order chi connectivity index (χ0) is 15.5. The topological polar surface area (TPSA) is 45.4 Å². The first-order valence-corrected chi connectivity index (χ1v) is 9.54. The van der Waals surface area contributed by atoms with Gasteiger partial charge in [0, 0.05) is 30.4 Å². The maximum absolute atomic E-state index is 5.37. The maximum atomic E-state index is 5.37. The zero-order valence-electron chi connectivity index (χ0n) is 13.5. The molecule has 6 heteroatoms. The molecule has 5 nitrogen and oxygen atoms in total. The summed E-state index contributed by atoms with van der Waals surface area (Å²) in [5.41, 5.74) is 0. The van der Waals surface area contributed by atoms with Gasteiger partial charge in [-0.15, -0.1) is 11.3 Å². The fraction of sp³-hybridized carbons (Fsp3) is 0.647. The van der Waals surface area contributed by atoms with Crippen molar-refractivity contribution < 1.29 is 4.52 Å². The molecule has 0 amide bonds. The van der Waals surface area contributed by atoms with Gasteiger partial charge < -0.3 is 9.42 Å². The van der Waals surface area contributed by atoms with Crippen LogP contribution < -0.4 is 0 Å². The minimum Gasteiger partial charge on any atom is -0.339 e. The molecule has 23 heavy (non-hydrogen) atoms. The van der Waals surface area contributed by atoms with Crippen LogP contribution in [0, 0.1) is 0 Å². The Morgan fingerprint density at radius 2 is 2.04 bits per heavy atom. The number of nitrogens with zero attached hydrogens (tertiary/aromatic N) is 4. The van der Waals surface area contributed by atoms with Gasteiger partial charge in [0.2, 0.25) is 5.89 Å². The van der Waals surface area contributed by atoms with Gasteiger partial charge in [-0.1, -0.05) is 11.2 Å². The van der Waals surface area contributed by atoms with Crippen molar-refractivity contribution >= 4 is 11.3 Å². The van der Waals surface area contributed by atoms with Gasteiger partial charge in [0.1, 0.15) is 0 Å². The summed E-state index contributed by atoms with van der Waals surface area (Å²) in [7, 11) is 0. The Kier molecular flexibility index (Phi) is 4.73. The van der Waals surface area contributed by atoms with Gasteiger partial charge in [-0.2, -0.15) is 4.98 Å². The standard InChI is InChI=1S/C17H24N4OS/c1-3-15(23-12-1)6-9-20-7-2-8-21(11-10-20)13-16-18-17(22-19-16)14-4-5-14/h1,3,12,14H,2,4-11,13H2. The van der Waals surface area contributed by atoms with E-state index in [9.17, 15) is 0 Å². The molecular weight excluding hydrogens is 308 g/mol. The molecule has 0 aromatic carbocycles. The maximum Gasteiger partial charge on any atom is 0.229 e. The highest BCUT2D eigenvalue weighted by molar-refractivity contribution is 7.09. The molecule has 1 aliphatic heterocycles. The number of aromatic nitrogens is 2. The molecule has 0 bridgehead atoms. The Balaban J connectivity index is 1.25. The molecule has 0 radical (unpaired) electrons. The van der Waals surface area contributed by atoms with Gasteiger partial charge in [0.05, 0.1) is 6.54 Å². The lowest BCUT2D eigenvalue weighted by Gasteiger charge is -2.20. The molecule has 124 valence electrons. The van der Waals surface area contributed by atoms with Crippen LogP contribution in [0.4, 0.5) is 0 Å². The van der Waals surface area contributed by atoms with E-state index in [0.717, 1.165) is 37.9 Å². The van der Waals surface area contributed by atoms with Crippen LogP contribution in [0.15, 0.2) is 22.0 Å². The quantitative estimate of drug-likeness (QED) is 0.814. The minimum atomic E-state index is 0.549. The van der Waals surface area contributed by atoms with Crippen LogP contribution in [0.25, 0.3) is 0 Å². The van der Waals surface area contributed by atoms with Crippen LogP contribution in [0.3, 0.4) is 0 Å². The van der Waals surface area contributed by atoms with Crippen LogP contribution in [-0.4, -0.2) is 52.7 Å². The molecule has 2 aromatic rings. The van der Waals surface area contributed by atoms with E-state index in [-0.39, 0.29) is 0 Å². The molecule has 0 unspecified atom stereocenters. The van der Waals surface area contributed by atoms with Gasteiger partial charge in [0.25, 0.3) is 0 Å². The third-order valence-corrected chi connectivity index (χ3v) is 5.65. The molecule has 2 fully saturated rings. The Hall–Kier alpha value is -1.24. The molecule has 0 atom stereocenters. The first-order valence-electron chi connectivity index (χ1n) is 8.66. The summed E-state index contributed by atoms with van der Waals surface area (Å²) in [6, 6.07) is 4.38. The second kappa shape index (κ2) is 7.11. The molecule has 1 aliphatic carbocycles. The molecule has 3 heterocycles. The van der Waals surface area contributed by atoms with Crippen molar-refractivity contribution in [1.29, 1.82) is 0 Å². The smallest absolute Gasteiger partial charge is 0.229 e. The molecular formula is C17H24N4OS. The van der Waals surface area contributed by atoms with E-state index >= 15 is 0 Å². The summed E-state index contributed by atoms with van der Waals surface area (Å²) in [6.45, 7) is 6.55. The van der Waals surface area contributed by atoms with Gasteiger partial charge >= 0.3 is 0 Å². The third kappa shape index (κ3) is 4.19. The lowest BCUT2D eigenvalue weighted by molar-refractivity contribution is 0.246. The van der Waals surface area contributed by atoms with Crippen LogP contribution in [-0.2, 0) is 13.0 Å². The van der Waals surface area contributed by atoms with E-state index in [2.05, 4.69) is 37.5 Å². The highest BCUT2D eigenvalue weighted by Gasteiger charge is 2.29. The normalized spacial score (nSPS) is 20.7. The third-order valence-electron chi connectivity index (χ3n) is 4.71. The molecule has 1 saturated carbocycles. The summed E-state index contributed by atoms with van der Waals surface area (Å²) in [5, 5.41) is 6.32. The Morgan fingerprint density at radius 1 is 1.17 bits per heavy atom. The number of rotatable bonds is 6. The van der Waals surface area contributed by atoms with Crippen molar-refractivity contribution in [2.24, 2.45) is 0 Å². The summed E-state index contributed by atoms with van der Waals surface area (Å²) in [5.74, 6) is 2.26. The summed E-state index contributed by atoms with van der Waals surface area (Å²) in [4.78, 5) is 11.1. The van der Waals surface area contributed by atoms with Crippen molar-refractivity contribution in [2.45, 2.75) is 38.1 Å². The molecule has 0 N–H and O–H groups in total.